The number of benzene rings is 2. The maximum atomic E-state index is 12.6. The fourth-order valence-corrected chi connectivity index (χ4v) is 3.87. The van der Waals surface area contributed by atoms with E-state index < -0.39 is 22.0 Å². The van der Waals surface area contributed by atoms with Gasteiger partial charge in [0, 0.05) is 15.7 Å². The van der Waals surface area contributed by atoms with Crippen molar-refractivity contribution in [2.45, 2.75) is 19.9 Å². The number of nitrogens with one attached hydrogen (secondary N) is 1. The van der Waals surface area contributed by atoms with E-state index in [2.05, 4.69) is 5.32 Å². The molecule has 1 atom stereocenters. The third-order valence-electron chi connectivity index (χ3n) is 3.59. The Kier molecular flexibility index (Phi) is 5.98. The van der Waals surface area contributed by atoms with Crippen molar-refractivity contribution in [3.8, 4) is 0 Å². The number of rotatable bonds is 5. The third-order valence-corrected chi connectivity index (χ3v) is 5.47. The van der Waals surface area contributed by atoms with Crippen molar-refractivity contribution in [3.05, 3.63) is 58.1 Å². The summed E-state index contributed by atoms with van der Waals surface area (Å²) in [6.07, 6.45) is 1.04. The van der Waals surface area contributed by atoms with Gasteiger partial charge < -0.3 is 5.32 Å². The normalized spacial score (nSPS) is 12.5. The zero-order chi connectivity index (χ0) is 18.8. The lowest BCUT2D eigenvalue weighted by Gasteiger charge is -2.28. The summed E-state index contributed by atoms with van der Waals surface area (Å²) in [6, 6.07) is 10.4. The van der Waals surface area contributed by atoms with Crippen LogP contribution in [0.4, 0.5) is 11.4 Å². The third kappa shape index (κ3) is 4.87. The maximum absolute atomic E-state index is 12.6. The van der Waals surface area contributed by atoms with E-state index in [1.165, 1.54) is 13.0 Å². The first-order valence-corrected chi connectivity index (χ1v) is 10.0. The zero-order valence-electron chi connectivity index (χ0n) is 14.0. The Labute approximate surface area is 157 Å². The number of hydrogen-bond acceptors (Lipinski definition) is 3. The number of anilines is 2. The minimum atomic E-state index is -3.70. The van der Waals surface area contributed by atoms with Gasteiger partial charge in [-0.15, -0.1) is 0 Å². The predicted octanol–water partition coefficient (Wildman–Crippen LogP) is 4.10. The van der Waals surface area contributed by atoms with Crippen molar-refractivity contribution in [2.75, 3.05) is 15.9 Å². The molecule has 0 bridgehead atoms. The molecular weight excluding hydrogens is 383 g/mol. The van der Waals surface area contributed by atoms with E-state index in [4.69, 9.17) is 23.2 Å². The number of carbonyl (C=O) groups is 1. The van der Waals surface area contributed by atoms with Gasteiger partial charge in [-0.25, -0.2) is 8.42 Å². The van der Waals surface area contributed by atoms with Crippen LogP contribution in [0.2, 0.25) is 10.0 Å². The highest BCUT2D eigenvalue weighted by Gasteiger charge is 2.29. The maximum Gasteiger partial charge on any atom is 0.247 e. The zero-order valence-corrected chi connectivity index (χ0v) is 16.3. The summed E-state index contributed by atoms with van der Waals surface area (Å²) >= 11 is 12.0. The van der Waals surface area contributed by atoms with Crippen LogP contribution in [-0.2, 0) is 14.8 Å². The lowest BCUT2D eigenvalue weighted by atomic mass is 10.2. The number of hydrogen-bond donors (Lipinski definition) is 1. The van der Waals surface area contributed by atoms with Crippen molar-refractivity contribution >= 4 is 50.5 Å². The van der Waals surface area contributed by atoms with E-state index in [1.54, 1.807) is 36.4 Å². The highest BCUT2D eigenvalue weighted by atomic mass is 35.5. The van der Waals surface area contributed by atoms with Crippen molar-refractivity contribution in [2.24, 2.45) is 0 Å². The van der Waals surface area contributed by atoms with Crippen LogP contribution in [0, 0.1) is 6.92 Å². The molecule has 0 radical (unpaired) electrons. The number of sulfonamides is 1. The van der Waals surface area contributed by atoms with Gasteiger partial charge in [-0.2, -0.15) is 0 Å². The molecule has 1 amide bonds. The Morgan fingerprint density at radius 3 is 2.40 bits per heavy atom. The van der Waals surface area contributed by atoms with Crippen LogP contribution in [0.3, 0.4) is 0 Å². The molecule has 0 aliphatic heterocycles. The fourth-order valence-electron chi connectivity index (χ4n) is 2.34. The Morgan fingerprint density at radius 1 is 1.16 bits per heavy atom. The van der Waals surface area contributed by atoms with Gasteiger partial charge in [-0.3, -0.25) is 9.10 Å². The van der Waals surface area contributed by atoms with E-state index in [9.17, 15) is 13.2 Å². The molecule has 2 aromatic rings. The summed E-state index contributed by atoms with van der Waals surface area (Å²) in [6.45, 7) is 3.36. The monoisotopic (exact) mass is 400 g/mol. The summed E-state index contributed by atoms with van der Waals surface area (Å²) in [7, 11) is -3.70. The minimum Gasteiger partial charge on any atom is -0.324 e. The van der Waals surface area contributed by atoms with E-state index >= 15 is 0 Å². The molecule has 0 saturated heterocycles. The van der Waals surface area contributed by atoms with Crippen molar-refractivity contribution in [3.63, 3.8) is 0 Å². The SMILES string of the molecule is Cc1ccc(NC(=O)C(C)N(c2cccc(Cl)c2)S(C)(=O)=O)cc1Cl. The first-order valence-electron chi connectivity index (χ1n) is 7.41. The Morgan fingerprint density at radius 2 is 1.84 bits per heavy atom. The first-order chi connectivity index (χ1) is 11.6. The number of halogens is 2. The van der Waals surface area contributed by atoms with Crippen LogP contribution >= 0.6 is 23.2 Å². The quantitative estimate of drug-likeness (QED) is 0.821. The molecule has 5 nitrogen and oxygen atoms in total. The molecule has 1 unspecified atom stereocenters. The van der Waals surface area contributed by atoms with Crippen LogP contribution < -0.4 is 9.62 Å². The number of amides is 1. The molecular formula is C17H18Cl2N2O3S. The predicted molar refractivity (Wildman–Crippen MR) is 103 cm³/mol. The largest absolute Gasteiger partial charge is 0.324 e. The minimum absolute atomic E-state index is 0.319. The Bertz CT molecular complexity index is 901. The Balaban J connectivity index is 2.31. The summed E-state index contributed by atoms with van der Waals surface area (Å²) in [4.78, 5) is 12.6. The molecule has 0 fully saturated rings. The topological polar surface area (TPSA) is 66.5 Å². The summed E-state index contributed by atoms with van der Waals surface area (Å²) in [5, 5.41) is 3.58. The molecule has 134 valence electrons. The number of nitrogens with zero attached hydrogens (tertiary/aromatic N) is 1. The highest BCUT2D eigenvalue weighted by Crippen LogP contribution is 2.25. The van der Waals surface area contributed by atoms with Crippen molar-refractivity contribution in [1.82, 2.24) is 0 Å². The van der Waals surface area contributed by atoms with Gasteiger partial charge >= 0.3 is 0 Å². The molecule has 0 saturated carbocycles. The first kappa shape index (κ1) is 19.6. The molecule has 8 heteroatoms. The van der Waals surface area contributed by atoms with Crippen LogP contribution in [-0.4, -0.2) is 26.6 Å². The van der Waals surface area contributed by atoms with Crippen LogP contribution in [0.5, 0.6) is 0 Å². The summed E-state index contributed by atoms with van der Waals surface area (Å²) in [5.74, 6) is -0.481. The summed E-state index contributed by atoms with van der Waals surface area (Å²) < 4.78 is 25.5. The van der Waals surface area contributed by atoms with Crippen LogP contribution in [0.1, 0.15) is 12.5 Å². The van der Waals surface area contributed by atoms with Gasteiger partial charge in [0.15, 0.2) is 0 Å². The fraction of sp³-hybridized carbons (Fsp3) is 0.235. The van der Waals surface area contributed by atoms with Gasteiger partial charge in [0.1, 0.15) is 6.04 Å². The molecule has 2 rings (SSSR count). The lowest BCUT2D eigenvalue weighted by molar-refractivity contribution is -0.116. The van der Waals surface area contributed by atoms with Gasteiger partial charge in [-0.05, 0) is 49.7 Å². The van der Waals surface area contributed by atoms with E-state index in [1.807, 2.05) is 6.92 Å². The van der Waals surface area contributed by atoms with Gasteiger partial charge in [0.25, 0.3) is 0 Å². The second kappa shape index (κ2) is 7.64. The second-order valence-electron chi connectivity index (χ2n) is 5.67. The smallest absolute Gasteiger partial charge is 0.247 e. The van der Waals surface area contributed by atoms with Crippen molar-refractivity contribution < 1.29 is 13.2 Å². The number of aryl methyl sites for hydroxylation is 1. The molecule has 0 spiro atoms. The lowest BCUT2D eigenvalue weighted by Crippen LogP contribution is -2.45. The van der Waals surface area contributed by atoms with Gasteiger partial charge in [0.05, 0.1) is 11.9 Å². The molecule has 0 aromatic heterocycles. The highest BCUT2D eigenvalue weighted by molar-refractivity contribution is 7.92. The average Bonchev–Trinajstić information content (AvgIpc) is 2.49. The molecule has 2 aromatic carbocycles. The Hall–Kier alpha value is -1.76. The van der Waals surface area contributed by atoms with E-state index in [0.29, 0.717) is 21.4 Å². The van der Waals surface area contributed by atoms with E-state index in [0.717, 1.165) is 16.1 Å². The number of carbonyl (C=O) groups excluding carboxylic acids is 1. The van der Waals surface area contributed by atoms with Gasteiger partial charge in [0.2, 0.25) is 15.9 Å². The molecule has 0 heterocycles. The summed E-state index contributed by atoms with van der Waals surface area (Å²) in [5.41, 5.74) is 1.69. The molecule has 0 aliphatic rings. The average molecular weight is 401 g/mol. The van der Waals surface area contributed by atoms with E-state index in [-0.39, 0.29) is 0 Å². The standard InChI is InChI=1S/C17H18Cl2N2O3S/c1-11-7-8-14(10-16(11)19)20-17(22)12(2)21(25(3,23)24)15-6-4-5-13(18)9-15/h4-10,12H,1-3H3,(H,20,22). The molecule has 0 aliphatic carbocycles. The van der Waals surface area contributed by atoms with Crippen LogP contribution in [0.15, 0.2) is 42.5 Å². The molecule has 25 heavy (non-hydrogen) atoms. The molecule has 1 N–H and O–H groups in total. The van der Waals surface area contributed by atoms with Crippen molar-refractivity contribution in [1.29, 1.82) is 0 Å². The second-order valence-corrected chi connectivity index (χ2v) is 8.37. The van der Waals surface area contributed by atoms with Crippen LogP contribution in [0.25, 0.3) is 0 Å². The van der Waals surface area contributed by atoms with Gasteiger partial charge in [-0.1, -0.05) is 35.3 Å².